The van der Waals surface area contributed by atoms with E-state index in [1.165, 1.54) is 0 Å². The fraction of sp³-hybridized carbons (Fsp3) is 0.333. The smallest absolute Gasteiger partial charge is 0.139 e. The fourth-order valence-corrected chi connectivity index (χ4v) is 1.47. The Balaban J connectivity index is 2.90. The molecule has 0 aliphatic heterocycles. The van der Waals surface area contributed by atoms with Gasteiger partial charge in [0.05, 0.1) is 29.5 Å². The first-order valence-corrected chi connectivity index (χ1v) is 4.86. The molecule has 0 aliphatic rings. The molecule has 14 heavy (non-hydrogen) atoms. The van der Waals surface area contributed by atoms with Crippen LogP contribution in [-0.2, 0) is 0 Å². The molecular weight excluding hydrogens is 223 g/mol. The Bertz CT molecular complexity index is 318. The van der Waals surface area contributed by atoms with Gasteiger partial charge in [-0.3, -0.25) is 0 Å². The summed E-state index contributed by atoms with van der Waals surface area (Å²) in [4.78, 5) is 0. The average Bonchev–Trinajstić information content (AvgIpc) is 2.18. The van der Waals surface area contributed by atoms with Crippen LogP contribution in [0.15, 0.2) is 12.1 Å². The van der Waals surface area contributed by atoms with Crippen molar-refractivity contribution in [2.75, 3.05) is 26.1 Å². The van der Waals surface area contributed by atoms with Crippen LogP contribution < -0.4 is 15.4 Å². The summed E-state index contributed by atoms with van der Waals surface area (Å²) in [5, 5.41) is 7.14. The maximum Gasteiger partial charge on any atom is 0.139 e. The molecule has 0 saturated heterocycles. The minimum absolute atomic E-state index is 0.538. The number of ether oxygens (including phenoxy) is 1. The third-order valence-corrected chi connectivity index (χ3v) is 2.31. The van der Waals surface area contributed by atoms with Crippen molar-refractivity contribution in [2.45, 2.75) is 0 Å². The summed E-state index contributed by atoms with van der Waals surface area (Å²) >= 11 is 11.9. The van der Waals surface area contributed by atoms with Crippen molar-refractivity contribution in [3.05, 3.63) is 22.2 Å². The van der Waals surface area contributed by atoms with Gasteiger partial charge in [0.15, 0.2) is 0 Å². The predicted molar refractivity (Wildman–Crippen MR) is 60.6 cm³/mol. The van der Waals surface area contributed by atoms with E-state index in [1.54, 1.807) is 19.2 Å². The lowest BCUT2D eigenvalue weighted by Crippen LogP contribution is -2.16. The highest BCUT2D eigenvalue weighted by molar-refractivity contribution is 6.36. The fourth-order valence-electron chi connectivity index (χ4n) is 1.00. The molecular formula is C9H12Cl2N2O. The van der Waals surface area contributed by atoms with Crippen LogP contribution in [0.25, 0.3) is 0 Å². The summed E-state index contributed by atoms with van der Waals surface area (Å²) in [7, 11) is 3.39. The Kier molecular flexibility index (Phi) is 4.32. The topological polar surface area (TPSA) is 33.3 Å². The SMILES string of the molecule is CNCNc1cc(Cl)c(OC)cc1Cl. The van der Waals surface area contributed by atoms with Gasteiger partial charge in [0.25, 0.3) is 0 Å². The second-order valence-electron chi connectivity index (χ2n) is 2.67. The van der Waals surface area contributed by atoms with Gasteiger partial charge in [-0.1, -0.05) is 23.2 Å². The molecule has 0 amide bonds. The van der Waals surface area contributed by atoms with E-state index in [2.05, 4.69) is 10.6 Å². The largest absolute Gasteiger partial charge is 0.495 e. The molecule has 0 saturated carbocycles. The highest BCUT2D eigenvalue weighted by Gasteiger charge is 2.06. The van der Waals surface area contributed by atoms with Crippen LogP contribution in [0.4, 0.5) is 5.69 Å². The van der Waals surface area contributed by atoms with Gasteiger partial charge in [-0.05, 0) is 13.1 Å². The summed E-state index contributed by atoms with van der Waals surface area (Å²) in [6.45, 7) is 0.627. The monoisotopic (exact) mass is 234 g/mol. The number of hydrogen-bond acceptors (Lipinski definition) is 3. The van der Waals surface area contributed by atoms with E-state index in [0.29, 0.717) is 22.5 Å². The quantitative estimate of drug-likeness (QED) is 0.787. The molecule has 1 rings (SSSR count). The molecule has 0 unspecified atom stereocenters. The Morgan fingerprint density at radius 2 is 2.00 bits per heavy atom. The highest BCUT2D eigenvalue weighted by Crippen LogP contribution is 2.33. The first-order valence-electron chi connectivity index (χ1n) is 4.10. The predicted octanol–water partition coefficient (Wildman–Crippen LogP) is 2.59. The summed E-state index contributed by atoms with van der Waals surface area (Å²) in [6, 6.07) is 3.42. The van der Waals surface area contributed by atoms with E-state index in [1.807, 2.05) is 7.05 Å². The van der Waals surface area contributed by atoms with Crippen molar-refractivity contribution < 1.29 is 4.74 Å². The van der Waals surface area contributed by atoms with E-state index in [9.17, 15) is 0 Å². The van der Waals surface area contributed by atoms with Gasteiger partial charge in [-0.25, -0.2) is 0 Å². The van der Waals surface area contributed by atoms with E-state index in [4.69, 9.17) is 27.9 Å². The van der Waals surface area contributed by atoms with Gasteiger partial charge in [-0.2, -0.15) is 0 Å². The number of benzene rings is 1. The Morgan fingerprint density at radius 1 is 1.29 bits per heavy atom. The molecule has 0 atom stereocenters. The molecule has 0 aliphatic carbocycles. The number of methoxy groups -OCH3 is 1. The summed E-state index contributed by atoms with van der Waals surface area (Å²) < 4.78 is 5.03. The second kappa shape index (κ2) is 5.29. The zero-order chi connectivity index (χ0) is 10.6. The van der Waals surface area contributed by atoms with Gasteiger partial charge in [-0.15, -0.1) is 0 Å². The van der Waals surface area contributed by atoms with Crippen LogP contribution in [0.3, 0.4) is 0 Å². The Morgan fingerprint density at radius 3 is 2.57 bits per heavy atom. The minimum Gasteiger partial charge on any atom is -0.495 e. The Hall–Kier alpha value is -0.640. The summed E-state index contributed by atoms with van der Waals surface area (Å²) in [5.74, 6) is 0.576. The number of anilines is 1. The van der Waals surface area contributed by atoms with E-state index >= 15 is 0 Å². The van der Waals surface area contributed by atoms with Crippen LogP contribution in [0.2, 0.25) is 10.0 Å². The molecule has 0 bridgehead atoms. The molecule has 0 heterocycles. The zero-order valence-electron chi connectivity index (χ0n) is 8.03. The van der Waals surface area contributed by atoms with E-state index in [-0.39, 0.29) is 0 Å². The van der Waals surface area contributed by atoms with Crippen molar-refractivity contribution in [1.29, 1.82) is 0 Å². The van der Waals surface area contributed by atoms with Crippen molar-refractivity contribution >= 4 is 28.9 Å². The average molecular weight is 235 g/mol. The molecule has 0 aromatic heterocycles. The molecule has 1 aromatic rings. The second-order valence-corrected chi connectivity index (χ2v) is 3.49. The molecule has 0 fully saturated rings. The highest BCUT2D eigenvalue weighted by atomic mass is 35.5. The lowest BCUT2D eigenvalue weighted by molar-refractivity contribution is 0.415. The van der Waals surface area contributed by atoms with Crippen molar-refractivity contribution in [3.8, 4) is 5.75 Å². The normalized spacial score (nSPS) is 10.0. The van der Waals surface area contributed by atoms with Crippen LogP contribution in [0.5, 0.6) is 5.75 Å². The number of rotatable bonds is 4. The van der Waals surface area contributed by atoms with Crippen LogP contribution in [0.1, 0.15) is 0 Å². The lowest BCUT2D eigenvalue weighted by Gasteiger charge is -2.10. The number of nitrogens with one attached hydrogen (secondary N) is 2. The van der Waals surface area contributed by atoms with E-state index < -0.39 is 0 Å². The van der Waals surface area contributed by atoms with Gasteiger partial charge < -0.3 is 15.4 Å². The van der Waals surface area contributed by atoms with Crippen molar-refractivity contribution in [2.24, 2.45) is 0 Å². The molecule has 1 aromatic carbocycles. The maximum atomic E-state index is 5.99. The Labute approximate surface area is 93.3 Å². The molecule has 78 valence electrons. The molecule has 0 spiro atoms. The number of hydrogen-bond donors (Lipinski definition) is 2. The third kappa shape index (κ3) is 2.67. The first kappa shape index (κ1) is 11.4. The third-order valence-electron chi connectivity index (χ3n) is 1.70. The lowest BCUT2D eigenvalue weighted by atomic mass is 10.3. The van der Waals surface area contributed by atoms with Crippen LogP contribution in [-0.4, -0.2) is 20.8 Å². The molecule has 0 radical (unpaired) electrons. The van der Waals surface area contributed by atoms with Gasteiger partial charge in [0.1, 0.15) is 5.75 Å². The molecule has 3 nitrogen and oxygen atoms in total. The zero-order valence-corrected chi connectivity index (χ0v) is 9.54. The van der Waals surface area contributed by atoms with Gasteiger partial charge >= 0.3 is 0 Å². The molecule has 2 N–H and O–H groups in total. The van der Waals surface area contributed by atoms with Crippen LogP contribution >= 0.6 is 23.2 Å². The van der Waals surface area contributed by atoms with Gasteiger partial charge in [0.2, 0.25) is 0 Å². The first-order chi connectivity index (χ1) is 6.69. The van der Waals surface area contributed by atoms with Crippen molar-refractivity contribution in [3.63, 3.8) is 0 Å². The summed E-state index contributed by atoms with van der Waals surface area (Å²) in [6.07, 6.45) is 0. The van der Waals surface area contributed by atoms with Crippen LogP contribution in [0, 0.1) is 0 Å². The maximum absolute atomic E-state index is 5.99. The number of halogens is 2. The minimum atomic E-state index is 0.538. The van der Waals surface area contributed by atoms with Crippen molar-refractivity contribution in [1.82, 2.24) is 5.32 Å². The summed E-state index contributed by atoms with van der Waals surface area (Å²) in [5.41, 5.74) is 0.784. The van der Waals surface area contributed by atoms with Gasteiger partial charge in [0, 0.05) is 6.07 Å². The molecule has 5 heteroatoms. The standard InChI is InChI=1S/C9H12Cl2N2O/c1-12-5-13-8-3-7(11)9(14-2)4-6(8)10/h3-4,12-13H,5H2,1-2H3. The van der Waals surface area contributed by atoms with E-state index in [0.717, 1.165) is 5.69 Å².